The second kappa shape index (κ2) is 7.04. The van der Waals surface area contributed by atoms with Crippen LogP contribution in [-0.2, 0) is 9.59 Å². The summed E-state index contributed by atoms with van der Waals surface area (Å²) in [6, 6.07) is 6.09. The van der Waals surface area contributed by atoms with Gasteiger partial charge in [-0.3, -0.25) is 14.5 Å². The Kier molecular flexibility index (Phi) is 5.36. The molecule has 0 atom stereocenters. The second-order valence-electron chi connectivity index (χ2n) is 5.38. The molecule has 0 unspecified atom stereocenters. The molecule has 1 aliphatic rings. The molecule has 114 valence electrons. The molecule has 2 N–H and O–H groups in total. The van der Waals surface area contributed by atoms with Gasteiger partial charge < -0.3 is 10.4 Å². The summed E-state index contributed by atoms with van der Waals surface area (Å²) in [6.45, 7) is 2.64. The SMILES string of the molecule is Cc1ccc(NC(=O)CN(CCC(=O)O)C2CC2)c(Br)c1. The van der Waals surface area contributed by atoms with Crippen LogP contribution in [-0.4, -0.2) is 41.0 Å². The number of benzene rings is 1. The van der Waals surface area contributed by atoms with Crippen molar-refractivity contribution in [3.63, 3.8) is 0 Å². The highest BCUT2D eigenvalue weighted by Crippen LogP contribution is 2.27. The highest BCUT2D eigenvalue weighted by Gasteiger charge is 2.30. The van der Waals surface area contributed by atoms with E-state index in [1.165, 1.54) is 0 Å². The monoisotopic (exact) mass is 354 g/mol. The first-order chi connectivity index (χ1) is 9.95. The summed E-state index contributed by atoms with van der Waals surface area (Å²) in [5.41, 5.74) is 1.85. The first kappa shape index (κ1) is 16.0. The van der Waals surface area contributed by atoms with E-state index in [-0.39, 0.29) is 18.9 Å². The quantitative estimate of drug-likeness (QED) is 0.789. The molecular weight excluding hydrogens is 336 g/mol. The number of amides is 1. The molecule has 1 amide bonds. The van der Waals surface area contributed by atoms with Crippen LogP contribution < -0.4 is 5.32 Å². The fourth-order valence-corrected chi connectivity index (χ4v) is 2.76. The summed E-state index contributed by atoms with van der Waals surface area (Å²) < 4.78 is 0.847. The van der Waals surface area contributed by atoms with Gasteiger partial charge in [-0.15, -0.1) is 0 Å². The highest BCUT2D eigenvalue weighted by atomic mass is 79.9. The molecule has 1 aromatic rings. The molecule has 1 saturated carbocycles. The number of carbonyl (C=O) groups is 2. The number of carbonyl (C=O) groups excluding carboxylic acids is 1. The molecule has 2 rings (SSSR count). The third-order valence-electron chi connectivity index (χ3n) is 3.42. The fraction of sp³-hybridized carbons (Fsp3) is 0.467. The minimum Gasteiger partial charge on any atom is -0.481 e. The van der Waals surface area contributed by atoms with Crippen LogP contribution in [0.4, 0.5) is 5.69 Å². The zero-order valence-corrected chi connectivity index (χ0v) is 13.5. The molecule has 5 nitrogen and oxygen atoms in total. The third-order valence-corrected chi connectivity index (χ3v) is 4.08. The predicted molar refractivity (Wildman–Crippen MR) is 84.4 cm³/mol. The summed E-state index contributed by atoms with van der Waals surface area (Å²) in [5, 5.41) is 11.6. The van der Waals surface area contributed by atoms with Crippen LogP contribution in [0.15, 0.2) is 22.7 Å². The van der Waals surface area contributed by atoms with E-state index in [1.807, 2.05) is 30.0 Å². The second-order valence-corrected chi connectivity index (χ2v) is 6.23. The molecule has 1 aliphatic carbocycles. The number of nitrogens with zero attached hydrogens (tertiary/aromatic N) is 1. The zero-order chi connectivity index (χ0) is 15.4. The Labute approximate surface area is 132 Å². The number of hydrogen-bond donors (Lipinski definition) is 2. The van der Waals surface area contributed by atoms with Gasteiger partial charge in [0.15, 0.2) is 0 Å². The number of halogens is 1. The van der Waals surface area contributed by atoms with Gasteiger partial charge in [-0.25, -0.2) is 0 Å². The molecule has 21 heavy (non-hydrogen) atoms. The van der Waals surface area contributed by atoms with Gasteiger partial charge in [0.2, 0.25) is 5.91 Å². The van der Waals surface area contributed by atoms with Gasteiger partial charge in [0.25, 0.3) is 0 Å². The largest absolute Gasteiger partial charge is 0.481 e. The normalized spacial score (nSPS) is 14.2. The molecule has 0 bridgehead atoms. The van der Waals surface area contributed by atoms with Crippen molar-refractivity contribution in [2.45, 2.75) is 32.2 Å². The minimum absolute atomic E-state index is 0.0675. The Bertz CT molecular complexity index is 544. The summed E-state index contributed by atoms with van der Waals surface area (Å²) in [4.78, 5) is 24.7. The lowest BCUT2D eigenvalue weighted by atomic mass is 10.2. The highest BCUT2D eigenvalue weighted by molar-refractivity contribution is 9.10. The number of anilines is 1. The van der Waals surface area contributed by atoms with Gasteiger partial charge >= 0.3 is 5.97 Å². The van der Waals surface area contributed by atoms with Crippen molar-refractivity contribution in [2.24, 2.45) is 0 Å². The molecule has 0 spiro atoms. The van der Waals surface area contributed by atoms with E-state index in [1.54, 1.807) is 0 Å². The van der Waals surface area contributed by atoms with Crippen molar-refractivity contribution < 1.29 is 14.7 Å². The number of rotatable bonds is 7. The number of carboxylic acid groups (broad SMARTS) is 1. The third kappa shape index (κ3) is 5.13. The molecule has 0 aromatic heterocycles. The Morgan fingerprint density at radius 1 is 1.43 bits per heavy atom. The van der Waals surface area contributed by atoms with Gasteiger partial charge in [0, 0.05) is 17.1 Å². The Balaban J connectivity index is 1.91. The molecule has 1 aromatic carbocycles. The predicted octanol–water partition coefficient (Wildman–Crippen LogP) is 2.64. The van der Waals surface area contributed by atoms with Gasteiger partial charge in [0.05, 0.1) is 18.7 Å². The van der Waals surface area contributed by atoms with E-state index in [0.717, 1.165) is 28.6 Å². The number of hydrogen-bond acceptors (Lipinski definition) is 3. The summed E-state index contributed by atoms with van der Waals surface area (Å²) in [6.07, 6.45) is 2.15. The van der Waals surface area contributed by atoms with Crippen LogP contribution in [0.25, 0.3) is 0 Å². The van der Waals surface area contributed by atoms with E-state index < -0.39 is 5.97 Å². The number of aliphatic carboxylic acids is 1. The molecule has 0 aliphatic heterocycles. The van der Waals surface area contributed by atoms with Crippen molar-refractivity contribution >= 4 is 33.5 Å². The summed E-state index contributed by atoms with van der Waals surface area (Å²) >= 11 is 3.43. The Morgan fingerprint density at radius 2 is 2.14 bits per heavy atom. The molecule has 1 fully saturated rings. The van der Waals surface area contributed by atoms with E-state index in [4.69, 9.17) is 5.11 Å². The van der Waals surface area contributed by atoms with Crippen molar-refractivity contribution in [3.8, 4) is 0 Å². The average molecular weight is 355 g/mol. The van der Waals surface area contributed by atoms with Gasteiger partial charge in [-0.05, 0) is 53.4 Å². The minimum atomic E-state index is -0.831. The van der Waals surface area contributed by atoms with E-state index in [9.17, 15) is 9.59 Å². The Hall–Kier alpha value is -1.40. The summed E-state index contributed by atoms with van der Waals surface area (Å²) in [7, 11) is 0. The van der Waals surface area contributed by atoms with Crippen molar-refractivity contribution in [3.05, 3.63) is 28.2 Å². The maximum Gasteiger partial charge on any atom is 0.304 e. The average Bonchev–Trinajstić information content (AvgIpc) is 3.22. The first-order valence-corrected chi connectivity index (χ1v) is 7.77. The van der Waals surface area contributed by atoms with Gasteiger partial charge in [0.1, 0.15) is 0 Å². The van der Waals surface area contributed by atoms with Crippen molar-refractivity contribution in [1.29, 1.82) is 0 Å². The molecule has 6 heteroatoms. The fourth-order valence-electron chi connectivity index (χ4n) is 2.17. The van der Waals surface area contributed by atoms with Crippen LogP contribution in [0, 0.1) is 6.92 Å². The Morgan fingerprint density at radius 3 is 2.71 bits per heavy atom. The van der Waals surface area contributed by atoms with E-state index in [2.05, 4.69) is 21.2 Å². The van der Waals surface area contributed by atoms with Crippen LogP contribution in [0.2, 0.25) is 0 Å². The standard InChI is InChI=1S/C15H19BrN2O3/c1-10-2-5-13(12(16)8-10)17-14(19)9-18(11-3-4-11)7-6-15(20)21/h2,5,8,11H,3-4,6-7,9H2,1H3,(H,17,19)(H,20,21). The van der Waals surface area contributed by atoms with Gasteiger partial charge in [-0.1, -0.05) is 6.07 Å². The number of aryl methyl sites for hydroxylation is 1. The molecule has 0 saturated heterocycles. The topological polar surface area (TPSA) is 69.6 Å². The van der Waals surface area contributed by atoms with Crippen molar-refractivity contribution in [2.75, 3.05) is 18.4 Å². The lowest BCUT2D eigenvalue weighted by Gasteiger charge is -2.20. The van der Waals surface area contributed by atoms with E-state index in [0.29, 0.717) is 12.6 Å². The maximum absolute atomic E-state index is 12.1. The summed E-state index contributed by atoms with van der Waals surface area (Å²) in [5.74, 6) is -0.945. The molecule has 0 radical (unpaired) electrons. The lowest BCUT2D eigenvalue weighted by molar-refractivity contribution is -0.137. The molecule has 0 heterocycles. The number of nitrogens with one attached hydrogen (secondary N) is 1. The van der Waals surface area contributed by atoms with Crippen LogP contribution in [0.1, 0.15) is 24.8 Å². The van der Waals surface area contributed by atoms with Gasteiger partial charge in [-0.2, -0.15) is 0 Å². The van der Waals surface area contributed by atoms with Crippen molar-refractivity contribution in [1.82, 2.24) is 4.90 Å². The van der Waals surface area contributed by atoms with E-state index >= 15 is 0 Å². The first-order valence-electron chi connectivity index (χ1n) is 6.97. The van der Waals surface area contributed by atoms with Crippen LogP contribution in [0.5, 0.6) is 0 Å². The lowest BCUT2D eigenvalue weighted by Crippen LogP contribution is -2.36. The van der Waals surface area contributed by atoms with Crippen LogP contribution >= 0.6 is 15.9 Å². The maximum atomic E-state index is 12.1. The number of carboxylic acids is 1. The smallest absolute Gasteiger partial charge is 0.304 e. The zero-order valence-electron chi connectivity index (χ0n) is 11.9. The molecular formula is C15H19BrN2O3. The van der Waals surface area contributed by atoms with Crippen LogP contribution in [0.3, 0.4) is 0 Å².